The fraction of sp³-hybridized carbons (Fsp3) is 0.827. The number of carbonyl (C=O) groups is 3. The number of fused-ring (bicyclic) bond motifs is 7. The van der Waals surface area contributed by atoms with Gasteiger partial charge in [-0.05, 0) is 136 Å². The molecule has 6 aliphatic heterocycles. The molecule has 17 N–H and O–H groups in total. The van der Waals surface area contributed by atoms with Gasteiger partial charge < -0.3 is 163 Å². The lowest BCUT2D eigenvalue weighted by atomic mass is 9.33. The number of ether oxygens (including phenoxy) is 16. The van der Waals surface area contributed by atoms with Crippen molar-refractivity contribution in [1.29, 1.82) is 0 Å². The highest BCUT2D eigenvalue weighted by molar-refractivity contribution is 5.87. The number of benzene rings is 1. The molecule has 36 heteroatoms. The smallest absolute Gasteiger partial charge is 0.331 e. The Labute approximate surface area is 640 Å². The number of aliphatic hydroxyl groups is 16. The van der Waals surface area contributed by atoms with E-state index in [1.54, 1.807) is 12.1 Å². The number of rotatable bonds is 22. The lowest BCUT2D eigenvalue weighted by Gasteiger charge is -2.71. The molecule has 6 saturated heterocycles. The van der Waals surface area contributed by atoms with Gasteiger partial charge in [-0.3, -0.25) is 9.59 Å². The van der Waals surface area contributed by atoms with E-state index in [1.165, 1.54) is 48.2 Å². The van der Waals surface area contributed by atoms with Crippen molar-refractivity contribution in [1.82, 2.24) is 0 Å². The summed E-state index contributed by atoms with van der Waals surface area (Å²) in [4.78, 5) is 44.3. The van der Waals surface area contributed by atoms with Gasteiger partial charge in [0.1, 0.15) is 103 Å². The fourth-order valence-corrected chi connectivity index (χ4v) is 20.5. The first kappa shape index (κ1) is 85.8. The second-order valence-electron chi connectivity index (χ2n) is 33.7. The average Bonchev–Trinajstić information content (AvgIpc) is 1.10. The standard InChI is InChI=1S/C75H112O36/c1-31-53(105-44(82)14-11-33-21-39(96-8)56(98-10)40(22-33)97-9)50(88)58(109-64-52(90)57(108-66-59(91)75(95,29-78)30-101-66)54(32(2)102-64)106-62-51(89)55(38(81)27-100-62)107-61-48(86)45(83)37(80)26-99-61)65(103-31)111-68(94)73-18-17-69(3,4)23-35(73)34-12-13-42-70(5)24-36(79)60(110-63-49(87)47(85)46(84)41(25-76)104-63)72(7,67(92)93)43(70)15-16-71(42,6)74(34,28-77)20-19-73/h11-12,14,21-22,31-32,35-38,41-43,45-55,57-66,76-81,83-91,95H,13,15-20,23-30H2,1-10H3,(H,92,93)/b14-11+/t31-,32+,35+,36+,37+,38-,41-,42-,43-,45+,46-,47+,48-,49-,50+,51-,52-,53+,54+,55+,57+,58-,59+,60+,61+,62-,63+,64+,65+,66+,70-,71-,72+,73+,74+,75-/m0/s1. The van der Waals surface area contributed by atoms with Crippen molar-refractivity contribution in [2.45, 2.75) is 278 Å². The Kier molecular flexibility index (Phi) is 25.3. The number of esters is 2. The molecule has 0 unspecified atom stereocenters. The van der Waals surface area contributed by atoms with Gasteiger partial charge in [0.25, 0.3) is 0 Å². The molecular weight excluding hydrogens is 1480 g/mol. The third kappa shape index (κ3) is 15.0. The van der Waals surface area contributed by atoms with E-state index >= 15 is 4.79 Å². The molecule has 6 heterocycles. The summed E-state index contributed by atoms with van der Waals surface area (Å²) in [5.41, 5.74) is -7.77. The van der Waals surface area contributed by atoms with Crippen LogP contribution in [0.2, 0.25) is 0 Å². The summed E-state index contributed by atoms with van der Waals surface area (Å²) < 4.78 is 95.6. The molecule has 11 aliphatic rings. The van der Waals surface area contributed by atoms with Gasteiger partial charge in [-0.2, -0.15) is 0 Å². The molecule has 5 aliphatic carbocycles. The molecule has 111 heavy (non-hydrogen) atoms. The third-order valence-electron chi connectivity index (χ3n) is 26.9. The number of methoxy groups -OCH3 is 3. The lowest BCUT2D eigenvalue weighted by molar-refractivity contribution is -0.388. The summed E-state index contributed by atoms with van der Waals surface area (Å²) in [6, 6.07) is 3.11. The summed E-state index contributed by atoms with van der Waals surface area (Å²) in [5, 5.41) is 191. The lowest BCUT2D eigenvalue weighted by Crippen LogP contribution is -2.71. The number of hydrogen-bond acceptors (Lipinski definition) is 35. The highest BCUT2D eigenvalue weighted by atomic mass is 16.8. The van der Waals surface area contributed by atoms with Crippen LogP contribution in [-0.2, 0) is 76.0 Å². The summed E-state index contributed by atoms with van der Waals surface area (Å²) in [6.07, 6.45) is -41.1. The Morgan fingerprint density at radius 3 is 1.78 bits per heavy atom. The van der Waals surface area contributed by atoms with Crippen LogP contribution in [0.25, 0.3) is 6.08 Å². The molecule has 0 spiro atoms. The number of carbonyl (C=O) groups excluding carboxylic acids is 2. The van der Waals surface area contributed by atoms with Crippen LogP contribution in [0.1, 0.15) is 112 Å². The van der Waals surface area contributed by atoms with Gasteiger partial charge in [0.2, 0.25) is 12.0 Å². The summed E-state index contributed by atoms with van der Waals surface area (Å²) in [7, 11) is 4.22. The minimum absolute atomic E-state index is 0.0230. The van der Waals surface area contributed by atoms with E-state index in [4.69, 9.17) is 75.8 Å². The van der Waals surface area contributed by atoms with E-state index in [0.29, 0.717) is 31.2 Å². The van der Waals surface area contributed by atoms with Crippen molar-refractivity contribution < 1.29 is 177 Å². The molecule has 1 aromatic carbocycles. The van der Waals surface area contributed by atoms with Crippen LogP contribution in [0.15, 0.2) is 29.9 Å². The van der Waals surface area contributed by atoms with Gasteiger partial charge in [-0.25, -0.2) is 4.79 Å². The first-order valence-electron chi connectivity index (χ1n) is 38.0. The number of hydrogen-bond donors (Lipinski definition) is 17. The second-order valence-corrected chi connectivity index (χ2v) is 33.7. The Morgan fingerprint density at radius 2 is 1.15 bits per heavy atom. The van der Waals surface area contributed by atoms with E-state index in [9.17, 15) is 96.4 Å². The molecule has 628 valence electrons. The maximum Gasteiger partial charge on any atom is 0.331 e. The number of aliphatic hydroxyl groups excluding tert-OH is 15. The molecule has 0 radical (unpaired) electrons. The minimum Gasteiger partial charge on any atom is -0.493 e. The van der Waals surface area contributed by atoms with Gasteiger partial charge in [0.05, 0.1) is 90.1 Å². The van der Waals surface area contributed by atoms with E-state index < -0.39 is 279 Å². The predicted octanol–water partition coefficient (Wildman–Crippen LogP) is -3.11. The first-order valence-corrected chi connectivity index (χ1v) is 38.0. The fourth-order valence-electron chi connectivity index (χ4n) is 20.5. The minimum atomic E-state index is -2.31. The van der Waals surface area contributed by atoms with E-state index in [0.717, 1.165) is 11.6 Å². The molecule has 4 saturated carbocycles. The number of aliphatic carboxylic acids is 1. The predicted molar refractivity (Wildman–Crippen MR) is 371 cm³/mol. The zero-order chi connectivity index (χ0) is 80.9. The quantitative estimate of drug-likeness (QED) is 0.0236. The van der Waals surface area contributed by atoms with Crippen LogP contribution in [0, 0.1) is 50.2 Å². The van der Waals surface area contributed by atoms with Gasteiger partial charge in [0, 0.05) is 11.5 Å². The highest BCUT2D eigenvalue weighted by Gasteiger charge is 2.74. The van der Waals surface area contributed by atoms with Gasteiger partial charge >= 0.3 is 17.9 Å². The largest absolute Gasteiger partial charge is 0.493 e. The monoisotopic (exact) mass is 1590 g/mol. The van der Waals surface area contributed by atoms with Crippen LogP contribution in [0.3, 0.4) is 0 Å². The molecule has 1 aromatic rings. The van der Waals surface area contributed by atoms with Crippen LogP contribution < -0.4 is 14.2 Å². The van der Waals surface area contributed by atoms with Crippen molar-refractivity contribution in [3.8, 4) is 17.2 Å². The summed E-state index contributed by atoms with van der Waals surface area (Å²) in [5.74, 6) is -4.19. The zero-order valence-corrected chi connectivity index (χ0v) is 63.7. The van der Waals surface area contributed by atoms with E-state index in [-0.39, 0.29) is 49.4 Å². The molecule has 0 bridgehead atoms. The first-order chi connectivity index (χ1) is 52.3. The Hall–Kier alpha value is -4.57. The molecule has 0 amide bonds. The van der Waals surface area contributed by atoms with E-state index in [2.05, 4.69) is 20.8 Å². The summed E-state index contributed by atoms with van der Waals surface area (Å²) >= 11 is 0. The highest BCUT2D eigenvalue weighted by Crippen LogP contribution is 2.76. The topological polar surface area (TPSA) is 543 Å². The second kappa shape index (κ2) is 32.7. The number of carboxylic acids is 1. The molecular formula is C75H112O36. The zero-order valence-electron chi connectivity index (χ0n) is 63.7. The number of allylic oxidation sites excluding steroid dienone is 1. The van der Waals surface area contributed by atoms with Crippen molar-refractivity contribution in [3.63, 3.8) is 0 Å². The molecule has 10 fully saturated rings. The van der Waals surface area contributed by atoms with Gasteiger partial charge in [-0.1, -0.05) is 39.3 Å². The van der Waals surface area contributed by atoms with E-state index in [1.807, 2.05) is 13.0 Å². The number of carboxylic acid groups (broad SMARTS) is 1. The maximum atomic E-state index is 16.2. The van der Waals surface area contributed by atoms with Gasteiger partial charge in [0.15, 0.2) is 55.2 Å². The third-order valence-corrected chi connectivity index (χ3v) is 26.9. The average molecular weight is 1590 g/mol. The normalized spacial score (nSPS) is 48.4. The Bertz CT molecular complexity index is 3480. The molecule has 36 nitrogen and oxygen atoms in total. The van der Waals surface area contributed by atoms with Crippen molar-refractivity contribution in [2.24, 2.45) is 50.2 Å². The molecule has 36 atom stereocenters. The molecule has 12 rings (SSSR count). The maximum absolute atomic E-state index is 16.2. The van der Waals surface area contributed by atoms with Crippen LogP contribution in [0.5, 0.6) is 17.2 Å². The van der Waals surface area contributed by atoms with Crippen LogP contribution >= 0.6 is 0 Å². The van der Waals surface area contributed by atoms with Crippen LogP contribution in [-0.4, -0.2) is 337 Å². The van der Waals surface area contributed by atoms with Crippen molar-refractivity contribution >= 4 is 24.0 Å². The van der Waals surface area contributed by atoms with Crippen molar-refractivity contribution in [2.75, 3.05) is 61.0 Å². The SMILES string of the molecule is COc1cc(/C=C/C(=O)O[C@H]2[C@@H](O)[C@H](O[C@H]3O[C@H](C)[C@@H](O[C@@H]4OC[C@H](O)[C@@H](O[C@H]5OC[C@@H](O)[C@@H](O)[C@@H]5O)[C@@H]4O)[C@H](O[C@H]4OC[C@@](O)(CO)[C@@H]4O)[C@@H]3O)[C@@H](OC(=O)[C@@]34CCC(C)(C)C[C@@H]3C3=CC[C@H]5[C@]6(C)C[C@@H](O)[C@@H](O[C@H]7O[C@@H](CO)[C@H](O)[C@@H](O)[C@@H]7O)[C@](C)(C(=O)O)[C@H]6CC[C@]5(C)[C@@]3(CO)CC4)O[C@H]2C)cc(OC)c1OC. The van der Waals surface area contributed by atoms with Crippen LogP contribution in [0.4, 0.5) is 0 Å². The Balaban J connectivity index is 0.857. The van der Waals surface area contributed by atoms with Gasteiger partial charge in [-0.15, -0.1) is 0 Å². The van der Waals surface area contributed by atoms with Crippen molar-refractivity contribution in [3.05, 3.63) is 35.4 Å². The molecule has 0 aromatic heterocycles. The Morgan fingerprint density at radius 1 is 0.559 bits per heavy atom. The summed E-state index contributed by atoms with van der Waals surface area (Å²) in [6.45, 7) is 8.42.